The Kier molecular flexibility index (Phi) is 7.99. The molecule has 0 bridgehead atoms. The number of pyridine rings is 1. The van der Waals surface area contributed by atoms with E-state index in [1.54, 1.807) is 12.1 Å². The molecule has 0 aliphatic carbocycles. The van der Waals surface area contributed by atoms with E-state index in [2.05, 4.69) is 21.0 Å². The van der Waals surface area contributed by atoms with Crippen molar-refractivity contribution >= 4 is 16.1 Å². The maximum Gasteiger partial charge on any atom is 0.360 e. The summed E-state index contributed by atoms with van der Waals surface area (Å²) in [6.07, 6.45) is 1.89. The van der Waals surface area contributed by atoms with Crippen LogP contribution in [0.3, 0.4) is 0 Å². The molecule has 7 nitrogen and oxygen atoms in total. The summed E-state index contributed by atoms with van der Waals surface area (Å²) < 4.78 is 36.8. The van der Waals surface area contributed by atoms with Crippen molar-refractivity contribution in [2.45, 2.75) is 19.4 Å². The molecule has 0 aliphatic heterocycles. The summed E-state index contributed by atoms with van der Waals surface area (Å²) in [4.78, 5) is 16.2. The number of methoxy groups -OCH3 is 1. The van der Waals surface area contributed by atoms with Crippen molar-refractivity contribution < 1.29 is 26.9 Å². The molecular formula is C20H21NO6S. The zero-order valence-corrected chi connectivity index (χ0v) is 16.5. The molecule has 0 saturated carbocycles. The SMILES string of the molecule is COC(=O)c1nc(C#CCCCOS(C)(=O)=O)ccc1OCc1ccccc1. The number of unbranched alkanes of at least 4 members (excludes halogenated alkanes) is 1. The van der Waals surface area contributed by atoms with E-state index in [1.165, 1.54) is 7.11 Å². The highest BCUT2D eigenvalue weighted by atomic mass is 32.2. The largest absolute Gasteiger partial charge is 0.486 e. The van der Waals surface area contributed by atoms with Crippen LogP contribution in [0.4, 0.5) is 0 Å². The third-order valence-electron chi connectivity index (χ3n) is 3.43. The lowest BCUT2D eigenvalue weighted by Gasteiger charge is -2.10. The minimum Gasteiger partial charge on any atom is -0.486 e. The average Bonchev–Trinajstić information content (AvgIpc) is 2.68. The van der Waals surface area contributed by atoms with Gasteiger partial charge in [-0.25, -0.2) is 9.78 Å². The zero-order valence-electron chi connectivity index (χ0n) is 15.7. The number of nitrogens with zero attached hydrogens (tertiary/aromatic N) is 1. The smallest absolute Gasteiger partial charge is 0.360 e. The maximum absolute atomic E-state index is 12.0. The molecule has 2 rings (SSSR count). The number of benzene rings is 1. The summed E-state index contributed by atoms with van der Waals surface area (Å²) in [5.41, 5.74) is 1.39. The predicted molar refractivity (Wildman–Crippen MR) is 103 cm³/mol. The fraction of sp³-hybridized carbons (Fsp3) is 0.300. The van der Waals surface area contributed by atoms with Crippen molar-refractivity contribution in [1.29, 1.82) is 0 Å². The number of carbonyl (C=O) groups is 1. The van der Waals surface area contributed by atoms with Gasteiger partial charge in [-0.15, -0.1) is 0 Å². The van der Waals surface area contributed by atoms with Crippen molar-refractivity contribution in [2.24, 2.45) is 0 Å². The van der Waals surface area contributed by atoms with E-state index >= 15 is 0 Å². The number of rotatable bonds is 8. The first-order valence-corrected chi connectivity index (χ1v) is 10.3. The first kappa shape index (κ1) is 21.4. The number of hydrogen-bond acceptors (Lipinski definition) is 7. The van der Waals surface area contributed by atoms with Crippen LogP contribution < -0.4 is 4.74 Å². The summed E-state index contributed by atoms with van der Waals surface area (Å²) in [6.45, 7) is 0.360. The van der Waals surface area contributed by atoms with E-state index in [0.717, 1.165) is 11.8 Å². The van der Waals surface area contributed by atoms with E-state index in [9.17, 15) is 13.2 Å². The lowest BCUT2D eigenvalue weighted by Crippen LogP contribution is -2.09. The molecule has 0 saturated heterocycles. The molecule has 1 aromatic heterocycles. The Morgan fingerprint density at radius 1 is 1.14 bits per heavy atom. The second-order valence-electron chi connectivity index (χ2n) is 5.74. The highest BCUT2D eigenvalue weighted by Crippen LogP contribution is 2.19. The second-order valence-corrected chi connectivity index (χ2v) is 7.38. The number of carbonyl (C=O) groups excluding carboxylic acids is 1. The van der Waals surface area contributed by atoms with Crippen molar-refractivity contribution in [1.82, 2.24) is 4.98 Å². The molecule has 8 heteroatoms. The summed E-state index contributed by atoms with van der Waals surface area (Å²) in [5, 5.41) is 0. The van der Waals surface area contributed by atoms with Gasteiger partial charge in [-0.05, 0) is 30.0 Å². The number of esters is 1. The van der Waals surface area contributed by atoms with Crippen molar-refractivity contribution in [2.75, 3.05) is 20.0 Å². The van der Waals surface area contributed by atoms with Crippen LogP contribution in [0.1, 0.15) is 34.6 Å². The van der Waals surface area contributed by atoms with Gasteiger partial charge < -0.3 is 9.47 Å². The number of hydrogen-bond donors (Lipinski definition) is 0. The average molecular weight is 403 g/mol. The van der Waals surface area contributed by atoms with Crippen molar-refractivity contribution in [3.05, 3.63) is 59.4 Å². The zero-order chi connectivity index (χ0) is 20.4. The maximum atomic E-state index is 12.0. The van der Waals surface area contributed by atoms with Crippen LogP contribution in [0.5, 0.6) is 5.75 Å². The molecule has 0 amide bonds. The second kappa shape index (κ2) is 10.4. The monoisotopic (exact) mass is 403 g/mol. The summed E-state index contributed by atoms with van der Waals surface area (Å²) in [7, 11) is -2.17. The van der Waals surface area contributed by atoms with Crippen LogP contribution in [0, 0.1) is 11.8 Å². The van der Waals surface area contributed by atoms with Crippen LogP contribution in [0.25, 0.3) is 0 Å². The number of ether oxygens (including phenoxy) is 2. The summed E-state index contributed by atoms with van der Waals surface area (Å²) >= 11 is 0. The minimum atomic E-state index is -3.44. The molecule has 1 aromatic carbocycles. The van der Waals surface area contributed by atoms with Crippen LogP contribution >= 0.6 is 0 Å². The molecule has 0 spiro atoms. The Bertz CT molecular complexity index is 961. The highest BCUT2D eigenvalue weighted by Gasteiger charge is 2.16. The Hall–Kier alpha value is -2.89. The molecule has 1 heterocycles. The van der Waals surface area contributed by atoms with Gasteiger partial charge in [0.1, 0.15) is 12.3 Å². The Morgan fingerprint density at radius 2 is 1.89 bits per heavy atom. The lowest BCUT2D eigenvalue weighted by molar-refractivity contribution is 0.0588. The van der Waals surface area contributed by atoms with E-state index in [4.69, 9.17) is 9.47 Å². The van der Waals surface area contributed by atoms with Crippen molar-refractivity contribution in [3.8, 4) is 17.6 Å². The van der Waals surface area contributed by atoms with Gasteiger partial charge in [0.05, 0.1) is 20.0 Å². The molecule has 0 unspecified atom stereocenters. The topological polar surface area (TPSA) is 91.8 Å². The molecule has 148 valence electrons. The van der Waals surface area contributed by atoms with Crippen LogP contribution in [-0.2, 0) is 25.6 Å². The first-order valence-electron chi connectivity index (χ1n) is 8.48. The molecule has 28 heavy (non-hydrogen) atoms. The lowest BCUT2D eigenvalue weighted by atomic mass is 10.2. The van der Waals surface area contributed by atoms with Gasteiger partial charge in [0.15, 0.2) is 11.4 Å². The quantitative estimate of drug-likeness (QED) is 0.289. The van der Waals surface area contributed by atoms with Gasteiger partial charge >= 0.3 is 5.97 Å². The highest BCUT2D eigenvalue weighted by molar-refractivity contribution is 7.85. The fourth-order valence-electron chi connectivity index (χ4n) is 2.13. The van der Waals surface area contributed by atoms with Gasteiger partial charge in [0.2, 0.25) is 0 Å². The third kappa shape index (κ3) is 7.39. The Labute approximate surface area is 164 Å². The predicted octanol–water partition coefficient (Wildman–Crippen LogP) is 2.56. The Balaban J connectivity index is 2.03. The summed E-state index contributed by atoms with van der Waals surface area (Å²) in [6, 6.07) is 12.8. The van der Waals surface area contributed by atoms with Crippen LogP contribution in [-0.4, -0.2) is 39.3 Å². The molecule has 2 aromatic rings. The molecular weight excluding hydrogens is 382 g/mol. The van der Waals surface area contributed by atoms with Crippen LogP contribution in [0.2, 0.25) is 0 Å². The van der Waals surface area contributed by atoms with Gasteiger partial charge in [-0.1, -0.05) is 36.3 Å². The minimum absolute atomic E-state index is 0.0469. The number of aromatic nitrogens is 1. The van der Waals surface area contributed by atoms with E-state index in [1.807, 2.05) is 30.3 Å². The first-order chi connectivity index (χ1) is 13.4. The van der Waals surface area contributed by atoms with Crippen molar-refractivity contribution in [3.63, 3.8) is 0 Å². The van der Waals surface area contributed by atoms with E-state index < -0.39 is 16.1 Å². The van der Waals surface area contributed by atoms with Gasteiger partial charge in [-0.2, -0.15) is 8.42 Å². The molecule has 0 radical (unpaired) electrons. The standard InChI is InChI=1S/C20H21NO6S/c1-25-20(22)19-18(26-15-16-9-5-3-6-10-16)13-12-17(21-19)11-7-4-8-14-27-28(2,23)24/h3,5-6,9-10,12-13H,4,8,14-15H2,1-2H3. The van der Waals surface area contributed by atoms with Gasteiger partial charge in [0.25, 0.3) is 10.1 Å². The molecule has 0 atom stereocenters. The summed E-state index contributed by atoms with van der Waals surface area (Å²) in [5.74, 6) is 5.39. The van der Waals surface area contributed by atoms with Crippen LogP contribution in [0.15, 0.2) is 42.5 Å². The third-order valence-corrected chi connectivity index (χ3v) is 4.03. The molecule has 0 aliphatic rings. The molecule has 0 N–H and O–H groups in total. The van der Waals surface area contributed by atoms with Gasteiger partial charge in [0, 0.05) is 6.42 Å². The normalized spacial score (nSPS) is 10.6. The van der Waals surface area contributed by atoms with E-state index in [0.29, 0.717) is 24.3 Å². The van der Waals surface area contributed by atoms with E-state index in [-0.39, 0.29) is 18.9 Å². The fourth-order valence-corrected chi connectivity index (χ4v) is 2.56. The van der Waals surface area contributed by atoms with Gasteiger partial charge in [-0.3, -0.25) is 4.18 Å². The molecule has 0 fully saturated rings. The Morgan fingerprint density at radius 3 is 2.57 bits per heavy atom.